The number of hydrogen-bond acceptors (Lipinski definition) is 5. The summed E-state index contributed by atoms with van der Waals surface area (Å²) in [5, 5.41) is 4.01. The van der Waals surface area contributed by atoms with Crippen LogP contribution in [0.2, 0.25) is 5.02 Å². The zero-order valence-corrected chi connectivity index (χ0v) is 11.9. The molecule has 0 heterocycles. The smallest absolute Gasteiger partial charge is 0.257 e. The first-order valence-electron chi connectivity index (χ1n) is 6.40. The van der Waals surface area contributed by atoms with Crippen molar-refractivity contribution in [2.45, 2.75) is 0 Å². The fourth-order valence-corrected chi connectivity index (χ4v) is 2.29. The maximum atomic E-state index is 12.3. The molecule has 0 aliphatic rings. The van der Waals surface area contributed by atoms with Gasteiger partial charge >= 0.3 is 0 Å². The van der Waals surface area contributed by atoms with Gasteiger partial charge in [-0.1, -0.05) is 48.0 Å². The van der Waals surface area contributed by atoms with E-state index in [2.05, 4.69) is 10.5 Å². The molecule has 0 radical (unpaired) electrons. The van der Waals surface area contributed by atoms with E-state index in [9.17, 15) is 14.4 Å². The first kappa shape index (κ1) is 14.2. The lowest BCUT2D eigenvalue weighted by atomic mass is 10.1. The number of nitrogens with one attached hydrogen (secondary N) is 1. The van der Waals surface area contributed by atoms with E-state index in [1.54, 1.807) is 36.4 Å². The van der Waals surface area contributed by atoms with Crippen LogP contribution in [-0.4, -0.2) is 0 Å². The molecule has 5 nitrogen and oxygen atoms in total. The highest BCUT2D eigenvalue weighted by Gasteiger charge is 2.10. The lowest BCUT2D eigenvalue weighted by Gasteiger charge is -2.01. The van der Waals surface area contributed by atoms with Gasteiger partial charge in [0.25, 0.3) is 5.43 Å². The summed E-state index contributed by atoms with van der Waals surface area (Å²) in [6.45, 7) is 0. The van der Waals surface area contributed by atoms with Crippen molar-refractivity contribution in [1.29, 1.82) is 0 Å². The van der Waals surface area contributed by atoms with Gasteiger partial charge < -0.3 is 0 Å². The number of benzene rings is 3. The highest BCUT2D eigenvalue weighted by molar-refractivity contribution is 6.33. The molecule has 0 fully saturated rings. The third kappa shape index (κ3) is 2.31. The number of rotatable bonds is 2. The number of halogens is 1. The van der Waals surface area contributed by atoms with Gasteiger partial charge in [0.05, 0.1) is 10.7 Å². The Labute approximate surface area is 128 Å². The standard InChI is InChI=1S/C16H9ClN2O3/c17-11-7-3-4-8-12(11)18-19-13-14(20)9-5-1-2-6-10(9)15(21)16(13)22/h1-8,18H/b19-13+. The molecule has 3 rings (SSSR count). The summed E-state index contributed by atoms with van der Waals surface area (Å²) in [6.07, 6.45) is 0. The summed E-state index contributed by atoms with van der Waals surface area (Å²) in [5.74, 6) is 0. The van der Waals surface area contributed by atoms with E-state index in [1.165, 1.54) is 12.1 Å². The van der Waals surface area contributed by atoms with Crippen molar-refractivity contribution >= 4 is 28.1 Å². The first-order valence-corrected chi connectivity index (χ1v) is 6.78. The van der Waals surface area contributed by atoms with Gasteiger partial charge in [-0.15, -0.1) is 0 Å². The lowest BCUT2D eigenvalue weighted by molar-refractivity contribution is 1.17. The number of nitrogens with zero attached hydrogens (tertiary/aromatic N) is 1. The molecule has 108 valence electrons. The van der Waals surface area contributed by atoms with Gasteiger partial charge in [-0.05, 0) is 12.1 Å². The highest BCUT2D eigenvalue weighted by Crippen LogP contribution is 2.19. The van der Waals surface area contributed by atoms with Gasteiger partial charge in [-0.2, -0.15) is 5.10 Å². The van der Waals surface area contributed by atoms with Crippen LogP contribution in [0.4, 0.5) is 5.69 Å². The molecule has 0 bridgehead atoms. The number of hydrogen-bond donors (Lipinski definition) is 1. The number of para-hydroxylation sites is 1. The zero-order chi connectivity index (χ0) is 15.7. The monoisotopic (exact) mass is 312 g/mol. The van der Waals surface area contributed by atoms with Crippen LogP contribution in [0.5, 0.6) is 0 Å². The summed E-state index contributed by atoms with van der Waals surface area (Å²) in [5.41, 5.74) is 0.739. The molecule has 0 atom stereocenters. The van der Waals surface area contributed by atoms with E-state index in [0.29, 0.717) is 10.7 Å². The Morgan fingerprint density at radius 2 is 1.36 bits per heavy atom. The number of fused-ring (bicyclic) bond motifs is 1. The van der Waals surface area contributed by atoms with Crippen LogP contribution in [0, 0.1) is 0 Å². The maximum Gasteiger partial charge on any atom is 0.257 e. The molecule has 0 aliphatic heterocycles. The van der Waals surface area contributed by atoms with Crippen molar-refractivity contribution in [2.75, 3.05) is 5.43 Å². The van der Waals surface area contributed by atoms with Crippen LogP contribution in [0.15, 0.2) is 68.0 Å². The zero-order valence-electron chi connectivity index (χ0n) is 11.2. The van der Waals surface area contributed by atoms with Crippen molar-refractivity contribution in [2.24, 2.45) is 5.10 Å². The van der Waals surface area contributed by atoms with Crippen LogP contribution in [0.1, 0.15) is 0 Å². The third-order valence-corrected chi connectivity index (χ3v) is 3.54. The topological polar surface area (TPSA) is 75.6 Å². The molecule has 0 spiro atoms. The largest absolute Gasteiger partial charge is 0.287 e. The SMILES string of the molecule is O=c1c(=O)c2ccccc2c(=O)/c1=N\Nc1ccccc1Cl. The van der Waals surface area contributed by atoms with Crippen molar-refractivity contribution in [3.63, 3.8) is 0 Å². The van der Waals surface area contributed by atoms with Crippen LogP contribution in [-0.2, 0) is 0 Å². The average molecular weight is 313 g/mol. The van der Waals surface area contributed by atoms with E-state index in [1.807, 2.05) is 0 Å². The summed E-state index contributed by atoms with van der Waals surface area (Å²) >= 11 is 5.96. The van der Waals surface area contributed by atoms with E-state index < -0.39 is 21.6 Å². The van der Waals surface area contributed by atoms with Crippen LogP contribution in [0.3, 0.4) is 0 Å². The predicted molar refractivity (Wildman–Crippen MR) is 85.8 cm³/mol. The van der Waals surface area contributed by atoms with E-state index in [4.69, 9.17) is 11.6 Å². The molecule has 0 saturated heterocycles. The fourth-order valence-electron chi connectivity index (χ4n) is 2.11. The predicted octanol–water partition coefficient (Wildman–Crippen LogP) is 1.38. The van der Waals surface area contributed by atoms with E-state index >= 15 is 0 Å². The van der Waals surface area contributed by atoms with Gasteiger partial charge in [-0.25, -0.2) is 0 Å². The summed E-state index contributed by atoms with van der Waals surface area (Å²) in [6, 6.07) is 12.9. The molecular weight excluding hydrogens is 304 g/mol. The second kappa shape index (κ2) is 5.54. The summed E-state index contributed by atoms with van der Waals surface area (Å²) in [7, 11) is 0. The van der Waals surface area contributed by atoms with E-state index in [0.717, 1.165) is 0 Å². The first-order chi connectivity index (χ1) is 10.6. The van der Waals surface area contributed by atoms with Crippen molar-refractivity contribution in [3.8, 4) is 0 Å². The summed E-state index contributed by atoms with van der Waals surface area (Å²) < 4.78 is 0. The maximum absolute atomic E-state index is 12.3. The molecule has 3 aromatic carbocycles. The number of anilines is 1. The Hall–Kier alpha value is -2.79. The average Bonchev–Trinajstić information content (AvgIpc) is 2.54. The fraction of sp³-hybridized carbons (Fsp3) is 0. The van der Waals surface area contributed by atoms with Crippen molar-refractivity contribution < 1.29 is 0 Å². The van der Waals surface area contributed by atoms with Crippen LogP contribution >= 0.6 is 11.6 Å². The Morgan fingerprint density at radius 3 is 2.05 bits per heavy atom. The quantitative estimate of drug-likeness (QED) is 0.573. The highest BCUT2D eigenvalue weighted by atomic mass is 35.5. The Kier molecular flexibility index (Phi) is 3.56. The molecule has 0 unspecified atom stereocenters. The molecule has 3 aromatic rings. The second-order valence-electron chi connectivity index (χ2n) is 4.59. The normalized spacial score (nSPS) is 11.8. The minimum atomic E-state index is -0.928. The molecule has 0 amide bonds. The van der Waals surface area contributed by atoms with Gasteiger partial charge in [0.2, 0.25) is 10.9 Å². The molecule has 22 heavy (non-hydrogen) atoms. The van der Waals surface area contributed by atoms with Crippen molar-refractivity contribution in [3.05, 3.63) is 89.6 Å². The van der Waals surface area contributed by atoms with Gasteiger partial charge in [0, 0.05) is 10.8 Å². The Balaban J connectivity index is 2.26. The molecular formula is C16H9ClN2O3. The van der Waals surface area contributed by atoms with Crippen LogP contribution in [0.25, 0.3) is 10.8 Å². The minimum absolute atomic E-state index is 0.106. The Morgan fingerprint density at radius 1 is 0.773 bits per heavy atom. The Bertz CT molecular complexity index is 1080. The summed E-state index contributed by atoms with van der Waals surface area (Å²) in [4.78, 5) is 36.3. The minimum Gasteiger partial charge on any atom is -0.287 e. The molecule has 0 aliphatic carbocycles. The van der Waals surface area contributed by atoms with Crippen molar-refractivity contribution in [1.82, 2.24) is 0 Å². The molecule has 6 heteroatoms. The molecule has 0 saturated carbocycles. The molecule has 1 N–H and O–H groups in total. The van der Waals surface area contributed by atoms with E-state index in [-0.39, 0.29) is 10.8 Å². The second-order valence-corrected chi connectivity index (χ2v) is 4.99. The van der Waals surface area contributed by atoms with Crippen LogP contribution < -0.4 is 27.1 Å². The van der Waals surface area contributed by atoms with Gasteiger partial charge in [0.15, 0.2) is 5.36 Å². The molecule has 0 aromatic heterocycles. The van der Waals surface area contributed by atoms with Gasteiger partial charge in [0.1, 0.15) is 0 Å². The van der Waals surface area contributed by atoms with Gasteiger partial charge in [-0.3, -0.25) is 19.8 Å². The third-order valence-electron chi connectivity index (χ3n) is 3.21. The lowest BCUT2D eigenvalue weighted by Crippen LogP contribution is -2.48.